The topological polar surface area (TPSA) is 72.5 Å². The van der Waals surface area contributed by atoms with Gasteiger partial charge in [-0.25, -0.2) is 0 Å². The van der Waals surface area contributed by atoms with Crippen LogP contribution in [0.3, 0.4) is 0 Å². The lowest BCUT2D eigenvalue weighted by molar-refractivity contribution is -0.373. The predicted molar refractivity (Wildman–Crippen MR) is 180 cm³/mol. The van der Waals surface area contributed by atoms with Crippen molar-refractivity contribution >= 4 is 5.97 Å². The molecule has 4 aromatic carbocycles. The lowest BCUT2D eigenvalue weighted by atomic mass is 9.88. The van der Waals surface area contributed by atoms with Crippen molar-refractivity contribution < 1.29 is 33.2 Å². The monoisotopic (exact) mass is 638 g/mol. The molecule has 0 amide bonds. The van der Waals surface area contributed by atoms with E-state index in [0.29, 0.717) is 26.2 Å². The minimum atomic E-state index is -1.43. The Morgan fingerprint density at radius 1 is 0.638 bits per heavy atom. The molecule has 5 rings (SSSR count). The molecule has 5 atom stereocenters. The van der Waals surface area contributed by atoms with E-state index in [1.54, 1.807) is 0 Å². The van der Waals surface area contributed by atoms with Gasteiger partial charge in [0.15, 0.2) is 6.10 Å². The maximum absolute atomic E-state index is 12.8. The van der Waals surface area contributed by atoms with Crippen molar-refractivity contribution in [1.29, 1.82) is 0 Å². The van der Waals surface area contributed by atoms with Crippen LogP contribution in [0.4, 0.5) is 0 Å². The third-order valence-electron chi connectivity index (χ3n) is 8.20. The van der Waals surface area contributed by atoms with Crippen molar-refractivity contribution in [2.75, 3.05) is 6.61 Å². The summed E-state index contributed by atoms with van der Waals surface area (Å²) in [7, 11) is 0. The zero-order chi connectivity index (χ0) is 32.7. The quantitative estimate of drug-likeness (QED) is 0.109. The van der Waals surface area contributed by atoms with Crippen LogP contribution >= 0.6 is 0 Å². The van der Waals surface area contributed by atoms with Crippen molar-refractivity contribution in [3.63, 3.8) is 0 Å². The number of rotatable bonds is 17. The van der Waals surface area contributed by atoms with Crippen LogP contribution in [0.5, 0.6) is 0 Å². The summed E-state index contributed by atoms with van der Waals surface area (Å²) in [6.07, 6.45) is -0.662. The van der Waals surface area contributed by atoms with Gasteiger partial charge in [-0.1, -0.05) is 135 Å². The normalized spacial score (nSPS) is 22.5. The Morgan fingerprint density at radius 2 is 1.09 bits per heavy atom. The molecular formula is C40H46O7. The molecule has 4 aromatic rings. The summed E-state index contributed by atoms with van der Waals surface area (Å²) >= 11 is 0. The molecule has 0 unspecified atom stereocenters. The number of unbranched alkanes of at least 4 members (excludes halogenated alkanes) is 1. The fraction of sp³-hybridized carbons (Fsp3) is 0.375. The maximum Gasteiger partial charge on any atom is 0.305 e. The molecule has 0 saturated carbocycles. The number of esters is 1. The van der Waals surface area contributed by atoms with Crippen molar-refractivity contribution in [1.82, 2.24) is 0 Å². The largest absolute Gasteiger partial charge is 0.430 e. The Balaban J connectivity index is 1.52. The summed E-state index contributed by atoms with van der Waals surface area (Å²) in [6.45, 7) is 5.00. The van der Waals surface area contributed by atoms with Gasteiger partial charge < -0.3 is 28.4 Å². The lowest BCUT2D eigenvalue weighted by Crippen LogP contribution is -2.68. The SMILES string of the molecule is CCCC[C@]1(OC(C)=O)O[C@H](COCc2ccccc2)[C@@H](OCc2ccccc2)[C@H](OCc2ccccc2)[C@H]1OCc1ccccc1. The molecule has 1 fully saturated rings. The third-order valence-corrected chi connectivity index (χ3v) is 8.20. The van der Waals surface area contributed by atoms with E-state index in [1.165, 1.54) is 6.92 Å². The number of carbonyl (C=O) groups excluding carboxylic acids is 1. The second-order valence-electron chi connectivity index (χ2n) is 11.9. The molecule has 1 saturated heterocycles. The van der Waals surface area contributed by atoms with Gasteiger partial charge in [-0.3, -0.25) is 4.79 Å². The first-order valence-corrected chi connectivity index (χ1v) is 16.5. The van der Waals surface area contributed by atoms with E-state index in [1.807, 2.05) is 121 Å². The first kappa shape index (κ1) is 34.5. The molecule has 248 valence electrons. The van der Waals surface area contributed by atoms with Gasteiger partial charge in [0, 0.05) is 13.3 Å². The van der Waals surface area contributed by atoms with Crippen LogP contribution in [0.15, 0.2) is 121 Å². The number of hydrogen-bond donors (Lipinski definition) is 0. The standard InChI is InChI=1S/C40H46O7/c1-3-4-25-40(46-31(2)41)39(45-29-35-23-15-8-16-24-35)38(44-28-34-21-13-7-14-22-34)37(43-27-33-19-11-6-12-20-33)36(47-40)30-42-26-32-17-9-5-10-18-32/h5-24,36-39H,3-4,25-30H2,1-2H3/t36-,37-,38+,39-,40+/m1/s1. The first-order valence-electron chi connectivity index (χ1n) is 16.5. The van der Waals surface area contributed by atoms with Gasteiger partial charge in [0.05, 0.1) is 33.0 Å². The number of hydrogen-bond acceptors (Lipinski definition) is 7. The maximum atomic E-state index is 12.8. The molecule has 0 aliphatic carbocycles. The van der Waals surface area contributed by atoms with E-state index in [0.717, 1.165) is 35.1 Å². The molecule has 1 heterocycles. The highest BCUT2D eigenvalue weighted by molar-refractivity contribution is 5.66. The van der Waals surface area contributed by atoms with E-state index in [-0.39, 0.29) is 13.2 Å². The van der Waals surface area contributed by atoms with Gasteiger partial charge in [-0.2, -0.15) is 0 Å². The van der Waals surface area contributed by atoms with Crippen molar-refractivity contribution in [3.8, 4) is 0 Å². The Bertz CT molecular complexity index is 1450. The highest BCUT2D eigenvalue weighted by Gasteiger charge is 2.58. The average molecular weight is 639 g/mol. The van der Waals surface area contributed by atoms with Gasteiger partial charge in [-0.05, 0) is 28.7 Å². The molecule has 7 heteroatoms. The van der Waals surface area contributed by atoms with Crippen LogP contribution in [0, 0.1) is 0 Å². The summed E-state index contributed by atoms with van der Waals surface area (Å²) < 4.78 is 39.6. The van der Waals surface area contributed by atoms with Crippen molar-refractivity contribution in [2.24, 2.45) is 0 Å². The molecule has 0 bridgehead atoms. The molecule has 47 heavy (non-hydrogen) atoms. The van der Waals surface area contributed by atoms with E-state index < -0.39 is 36.2 Å². The minimum absolute atomic E-state index is 0.195. The van der Waals surface area contributed by atoms with Gasteiger partial charge in [0.1, 0.15) is 18.3 Å². The molecule has 0 aromatic heterocycles. The fourth-order valence-corrected chi connectivity index (χ4v) is 5.92. The van der Waals surface area contributed by atoms with Crippen molar-refractivity contribution in [2.45, 2.75) is 89.7 Å². The molecule has 0 radical (unpaired) electrons. The second-order valence-corrected chi connectivity index (χ2v) is 11.9. The highest BCUT2D eigenvalue weighted by atomic mass is 16.8. The first-order chi connectivity index (χ1) is 23.1. The minimum Gasteiger partial charge on any atom is -0.430 e. The van der Waals surface area contributed by atoms with Crippen LogP contribution < -0.4 is 0 Å². The van der Waals surface area contributed by atoms with Crippen LogP contribution in [0.1, 0.15) is 55.4 Å². The Hall–Kier alpha value is -3.85. The summed E-state index contributed by atoms with van der Waals surface area (Å²) in [5, 5.41) is 0. The summed E-state index contributed by atoms with van der Waals surface area (Å²) in [5.74, 6) is -1.88. The highest BCUT2D eigenvalue weighted by Crippen LogP contribution is 2.41. The Kier molecular flexibility index (Phi) is 13.1. The lowest BCUT2D eigenvalue weighted by Gasteiger charge is -2.51. The number of carbonyl (C=O) groups is 1. The van der Waals surface area contributed by atoms with Gasteiger partial charge >= 0.3 is 5.97 Å². The number of benzene rings is 4. The average Bonchev–Trinajstić information content (AvgIpc) is 3.10. The van der Waals surface area contributed by atoms with Crippen LogP contribution in [-0.2, 0) is 59.6 Å². The fourth-order valence-electron chi connectivity index (χ4n) is 5.92. The molecule has 1 aliphatic heterocycles. The zero-order valence-electron chi connectivity index (χ0n) is 27.4. The molecule has 7 nitrogen and oxygen atoms in total. The van der Waals surface area contributed by atoms with E-state index in [4.69, 9.17) is 28.4 Å². The summed E-state index contributed by atoms with van der Waals surface area (Å²) in [5.41, 5.74) is 4.05. The van der Waals surface area contributed by atoms with Gasteiger partial charge in [0.25, 0.3) is 0 Å². The van der Waals surface area contributed by atoms with Gasteiger partial charge in [0.2, 0.25) is 5.79 Å². The van der Waals surface area contributed by atoms with Crippen molar-refractivity contribution in [3.05, 3.63) is 144 Å². The van der Waals surface area contributed by atoms with Crippen LogP contribution in [0.2, 0.25) is 0 Å². The molecule has 0 spiro atoms. The van der Waals surface area contributed by atoms with E-state index in [9.17, 15) is 4.79 Å². The smallest absolute Gasteiger partial charge is 0.305 e. The molecule has 1 aliphatic rings. The summed E-state index contributed by atoms with van der Waals surface area (Å²) in [6, 6.07) is 39.9. The van der Waals surface area contributed by atoms with Gasteiger partial charge in [-0.15, -0.1) is 0 Å². The predicted octanol–water partition coefficient (Wildman–Crippen LogP) is 7.81. The molecular weight excluding hydrogens is 592 g/mol. The second kappa shape index (κ2) is 17.9. The Labute approximate surface area is 278 Å². The molecule has 0 N–H and O–H groups in total. The van der Waals surface area contributed by atoms with E-state index in [2.05, 4.69) is 6.92 Å². The summed E-state index contributed by atoms with van der Waals surface area (Å²) in [4.78, 5) is 12.8. The van der Waals surface area contributed by atoms with Crippen LogP contribution in [0.25, 0.3) is 0 Å². The van der Waals surface area contributed by atoms with Crippen LogP contribution in [-0.4, -0.2) is 42.8 Å². The Morgan fingerprint density at radius 3 is 1.55 bits per heavy atom. The zero-order valence-corrected chi connectivity index (χ0v) is 27.4. The number of ether oxygens (including phenoxy) is 6. The van der Waals surface area contributed by atoms with E-state index >= 15 is 0 Å². The third kappa shape index (κ3) is 10.1.